The molecule has 0 aromatic heterocycles. The van der Waals surface area contributed by atoms with E-state index in [1.165, 1.54) is 0 Å². The molecule has 0 amide bonds. The van der Waals surface area contributed by atoms with Crippen molar-refractivity contribution in [2.75, 3.05) is 18.9 Å². The molecule has 0 aliphatic carbocycles. The lowest BCUT2D eigenvalue weighted by Crippen LogP contribution is -2.05. The number of carbonyl (C=O) groups is 1. The summed E-state index contributed by atoms with van der Waals surface area (Å²) in [5.74, 6) is 0.638. The summed E-state index contributed by atoms with van der Waals surface area (Å²) in [7, 11) is 0. The molecule has 10 heavy (non-hydrogen) atoms. The highest BCUT2D eigenvalue weighted by atomic mass is 35.5. The lowest BCUT2D eigenvalue weighted by Gasteiger charge is -1.97. The van der Waals surface area contributed by atoms with Gasteiger partial charge in [0.15, 0.2) is 0 Å². The smallest absolute Gasteiger partial charge is 0.367 e. The highest BCUT2D eigenvalue weighted by Crippen LogP contribution is 2.02. The lowest BCUT2D eigenvalue weighted by molar-refractivity contribution is 0.181. The van der Waals surface area contributed by atoms with Crippen LogP contribution in [0.25, 0.3) is 0 Å². The van der Waals surface area contributed by atoms with Crippen molar-refractivity contribution >= 4 is 29.5 Å². The molecule has 5 heteroatoms. The standard InChI is InChI=1S/C5H11NO2S.ClH/c1-2-8-5(7)9-4-3-6;/h2-4,6H2,1H3;1H. The lowest BCUT2D eigenvalue weighted by atomic mass is 10.8. The van der Waals surface area contributed by atoms with E-state index in [4.69, 9.17) is 5.73 Å². The number of hydrogen-bond donors (Lipinski definition) is 1. The second-order valence-electron chi connectivity index (χ2n) is 1.32. The predicted octanol–water partition coefficient (Wildman–Crippen LogP) is 1.26. The van der Waals surface area contributed by atoms with Crippen molar-refractivity contribution in [1.82, 2.24) is 0 Å². The van der Waals surface area contributed by atoms with Gasteiger partial charge in [0.25, 0.3) is 0 Å². The predicted molar refractivity (Wildman–Crippen MR) is 45.8 cm³/mol. The Labute approximate surface area is 71.1 Å². The number of thioether (sulfide) groups is 1. The molecule has 3 nitrogen and oxygen atoms in total. The van der Waals surface area contributed by atoms with Crippen molar-refractivity contribution in [3.63, 3.8) is 0 Å². The summed E-state index contributed by atoms with van der Waals surface area (Å²) in [6, 6.07) is 0. The Morgan fingerprint density at radius 2 is 2.30 bits per heavy atom. The maximum atomic E-state index is 10.5. The molecule has 0 aliphatic rings. The minimum absolute atomic E-state index is 0. The largest absolute Gasteiger partial charge is 0.458 e. The third-order valence-corrected chi connectivity index (χ3v) is 1.39. The molecule has 0 saturated carbocycles. The Balaban J connectivity index is 0. The van der Waals surface area contributed by atoms with Gasteiger partial charge in [-0.1, -0.05) is 0 Å². The topological polar surface area (TPSA) is 52.3 Å². The van der Waals surface area contributed by atoms with Gasteiger partial charge >= 0.3 is 5.30 Å². The molecule has 0 aliphatic heterocycles. The fraction of sp³-hybridized carbons (Fsp3) is 0.800. The monoisotopic (exact) mass is 185 g/mol. The first-order chi connectivity index (χ1) is 4.31. The summed E-state index contributed by atoms with van der Waals surface area (Å²) in [5.41, 5.74) is 5.14. The number of carbonyl (C=O) groups excluding carboxylic acids is 1. The molecular formula is C5H12ClNO2S. The van der Waals surface area contributed by atoms with Crippen LogP contribution < -0.4 is 5.73 Å². The van der Waals surface area contributed by atoms with Gasteiger partial charge in [-0.3, -0.25) is 0 Å². The number of rotatable bonds is 3. The zero-order chi connectivity index (χ0) is 7.11. The van der Waals surface area contributed by atoms with Crippen LogP contribution in [-0.2, 0) is 4.74 Å². The normalized spacial score (nSPS) is 8.20. The number of hydrogen-bond acceptors (Lipinski definition) is 4. The molecule has 0 aromatic carbocycles. The first-order valence-electron chi connectivity index (χ1n) is 2.81. The highest BCUT2D eigenvalue weighted by Gasteiger charge is 1.98. The molecule has 0 atom stereocenters. The molecule has 0 aromatic rings. The van der Waals surface area contributed by atoms with Crippen LogP contribution in [-0.4, -0.2) is 24.2 Å². The van der Waals surface area contributed by atoms with Gasteiger partial charge in [0.2, 0.25) is 0 Å². The van der Waals surface area contributed by atoms with E-state index in [0.717, 1.165) is 11.8 Å². The van der Waals surface area contributed by atoms with Crippen LogP contribution in [0.4, 0.5) is 4.79 Å². The molecule has 0 unspecified atom stereocenters. The molecular weight excluding hydrogens is 174 g/mol. The highest BCUT2D eigenvalue weighted by molar-refractivity contribution is 8.13. The van der Waals surface area contributed by atoms with E-state index in [2.05, 4.69) is 4.74 Å². The van der Waals surface area contributed by atoms with Crippen LogP contribution in [0.3, 0.4) is 0 Å². The quantitative estimate of drug-likeness (QED) is 0.673. The van der Waals surface area contributed by atoms with Crippen molar-refractivity contribution in [1.29, 1.82) is 0 Å². The maximum absolute atomic E-state index is 10.5. The van der Waals surface area contributed by atoms with Gasteiger partial charge in [0.1, 0.15) is 0 Å². The summed E-state index contributed by atoms with van der Waals surface area (Å²) in [4.78, 5) is 10.5. The molecule has 0 spiro atoms. The summed E-state index contributed by atoms with van der Waals surface area (Å²) < 4.78 is 4.61. The number of nitrogens with two attached hydrogens (primary N) is 1. The van der Waals surface area contributed by atoms with Crippen LogP contribution in [0.2, 0.25) is 0 Å². The van der Waals surface area contributed by atoms with Crippen molar-refractivity contribution in [3.8, 4) is 0 Å². The molecule has 2 N–H and O–H groups in total. The summed E-state index contributed by atoms with van der Waals surface area (Å²) in [6.45, 7) is 2.74. The first kappa shape index (κ1) is 12.7. The number of ether oxygens (including phenoxy) is 1. The van der Waals surface area contributed by atoms with Crippen LogP contribution in [0.1, 0.15) is 6.92 Å². The Bertz CT molecular complexity index is 91.7. The van der Waals surface area contributed by atoms with Crippen LogP contribution >= 0.6 is 24.2 Å². The van der Waals surface area contributed by atoms with E-state index < -0.39 is 0 Å². The molecule has 0 heterocycles. The minimum Gasteiger partial charge on any atom is -0.458 e. The van der Waals surface area contributed by atoms with E-state index in [1.54, 1.807) is 6.92 Å². The van der Waals surface area contributed by atoms with Crippen LogP contribution in [0.5, 0.6) is 0 Å². The van der Waals surface area contributed by atoms with Gasteiger partial charge in [-0.2, -0.15) is 0 Å². The second kappa shape index (κ2) is 9.07. The van der Waals surface area contributed by atoms with Gasteiger partial charge in [-0.25, -0.2) is 4.79 Å². The van der Waals surface area contributed by atoms with Gasteiger partial charge < -0.3 is 10.5 Å². The average Bonchev–Trinajstić information content (AvgIpc) is 1.85. The van der Waals surface area contributed by atoms with Crippen molar-refractivity contribution in [2.24, 2.45) is 5.73 Å². The Morgan fingerprint density at radius 1 is 1.70 bits per heavy atom. The van der Waals surface area contributed by atoms with Crippen LogP contribution in [0, 0.1) is 0 Å². The zero-order valence-corrected chi connectivity index (χ0v) is 7.46. The van der Waals surface area contributed by atoms with Gasteiger partial charge in [-0.15, -0.1) is 12.4 Å². The average molecular weight is 186 g/mol. The molecule has 0 bridgehead atoms. The molecule has 0 rings (SSSR count). The summed E-state index contributed by atoms with van der Waals surface area (Å²) >= 11 is 1.11. The molecule has 0 saturated heterocycles. The summed E-state index contributed by atoms with van der Waals surface area (Å²) in [6.07, 6.45) is 0. The van der Waals surface area contributed by atoms with Crippen LogP contribution in [0.15, 0.2) is 0 Å². The minimum atomic E-state index is -0.233. The Morgan fingerprint density at radius 3 is 2.70 bits per heavy atom. The van der Waals surface area contributed by atoms with E-state index in [9.17, 15) is 4.79 Å². The summed E-state index contributed by atoms with van der Waals surface area (Å²) in [5, 5.41) is -0.233. The maximum Gasteiger partial charge on any atom is 0.367 e. The first-order valence-corrected chi connectivity index (χ1v) is 3.79. The number of halogens is 1. The Hall–Kier alpha value is 0.0700. The van der Waals surface area contributed by atoms with Gasteiger partial charge in [-0.05, 0) is 18.7 Å². The van der Waals surface area contributed by atoms with E-state index in [0.29, 0.717) is 18.9 Å². The van der Waals surface area contributed by atoms with Crippen molar-refractivity contribution in [2.45, 2.75) is 6.92 Å². The SMILES string of the molecule is CCOC(=O)SCCN.Cl. The van der Waals surface area contributed by atoms with Gasteiger partial charge in [0, 0.05) is 12.3 Å². The fourth-order valence-corrected chi connectivity index (χ4v) is 0.787. The van der Waals surface area contributed by atoms with Crippen molar-refractivity contribution in [3.05, 3.63) is 0 Å². The second-order valence-corrected chi connectivity index (χ2v) is 2.35. The third kappa shape index (κ3) is 8.07. The fourth-order valence-electron chi connectivity index (χ4n) is 0.302. The van der Waals surface area contributed by atoms with E-state index in [1.807, 2.05) is 0 Å². The third-order valence-electron chi connectivity index (χ3n) is 0.600. The molecule has 0 fully saturated rings. The Kier molecular flexibility index (Phi) is 11.5. The molecule has 0 radical (unpaired) electrons. The van der Waals surface area contributed by atoms with Crippen molar-refractivity contribution < 1.29 is 9.53 Å². The van der Waals surface area contributed by atoms with E-state index in [-0.39, 0.29) is 17.7 Å². The van der Waals surface area contributed by atoms with Gasteiger partial charge in [0.05, 0.1) is 6.61 Å². The van der Waals surface area contributed by atoms with E-state index >= 15 is 0 Å². The zero-order valence-electron chi connectivity index (χ0n) is 5.83. The molecule has 62 valence electrons.